The summed E-state index contributed by atoms with van der Waals surface area (Å²) in [4.78, 5) is 12.4. The molecule has 0 fully saturated rings. The van der Waals surface area contributed by atoms with Gasteiger partial charge in [-0.2, -0.15) is 0 Å². The summed E-state index contributed by atoms with van der Waals surface area (Å²) in [5.74, 6) is -0.0323. The van der Waals surface area contributed by atoms with E-state index >= 15 is 0 Å². The Morgan fingerprint density at radius 1 is 0.446 bits per heavy atom. The lowest BCUT2D eigenvalue weighted by atomic mass is 10.0. The van der Waals surface area contributed by atoms with Gasteiger partial charge in [-0.3, -0.25) is 4.79 Å². The molecule has 0 aliphatic heterocycles. The Bertz CT molecular complexity index is 934. The SMILES string of the molecule is CC/C=C\C/C=C\C/C=C\C/C=C\C/C=C\CCCCCCCCCCCCCCCCCCCC(=O)NC(CO)C(O)CCCCCCCCCCCCC. The molecule has 0 aliphatic carbocycles. The zero-order valence-corrected chi connectivity index (χ0v) is 37.4. The highest BCUT2D eigenvalue weighted by Crippen LogP contribution is 2.16. The molecular formula is C52H95NO3. The van der Waals surface area contributed by atoms with Gasteiger partial charge >= 0.3 is 0 Å². The van der Waals surface area contributed by atoms with E-state index in [0.29, 0.717) is 12.8 Å². The van der Waals surface area contributed by atoms with Crippen molar-refractivity contribution in [2.45, 2.75) is 257 Å². The van der Waals surface area contributed by atoms with Gasteiger partial charge in [0.2, 0.25) is 5.91 Å². The normalized spacial score (nSPS) is 13.4. The lowest BCUT2D eigenvalue weighted by molar-refractivity contribution is -0.123. The van der Waals surface area contributed by atoms with Crippen molar-refractivity contribution in [2.75, 3.05) is 6.61 Å². The molecule has 0 saturated carbocycles. The summed E-state index contributed by atoms with van der Waals surface area (Å²) in [6.45, 7) is 4.24. The minimum atomic E-state index is -0.658. The molecule has 0 aromatic carbocycles. The summed E-state index contributed by atoms with van der Waals surface area (Å²) >= 11 is 0. The van der Waals surface area contributed by atoms with E-state index in [2.05, 4.69) is 79.9 Å². The monoisotopic (exact) mass is 782 g/mol. The van der Waals surface area contributed by atoms with Gasteiger partial charge in [0, 0.05) is 6.42 Å². The standard InChI is InChI=1S/C52H95NO3/c1-3-5-7-9-11-13-15-16-17-18-19-20-21-22-23-24-25-26-27-28-29-30-31-32-33-34-35-36-38-40-42-44-46-48-52(56)53-50(49-54)51(55)47-45-43-41-39-37-14-12-10-8-6-4-2/h5,7,11,13,16-17,19-20,22-23,50-51,54-55H,3-4,6,8-10,12,14-15,18,21,24-49H2,1-2H3,(H,53,56)/b7-5-,13-11-,17-16-,20-19-,23-22-. The molecule has 2 atom stereocenters. The summed E-state index contributed by atoms with van der Waals surface area (Å²) < 4.78 is 0. The molecule has 0 saturated heterocycles. The summed E-state index contributed by atoms with van der Waals surface area (Å²) in [5.41, 5.74) is 0. The summed E-state index contributed by atoms with van der Waals surface area (Å²) in [5, 5.41) is 23.1. The molecule has 0 heterocycles. The van der Waals surface area contributed by atoms with E-state index in [9.17, 15) is 15.0 Å². The van der Waals surface area contributed by atoms with Crippen molar-refractivity contribution < 1.29 is 15.0 Å². The molecule has 4 nitrogen and oxygen atoms in total. The van der Waals surface area contributed by atoms with Crippen molar-refractivity contribution in [3.05, 3.63) is 60.8 Å². The van der Waals surface area contributed by atoms with Crippen LogP contribution >= 0.6 is 0 Å². The topological polar surface area (TPSA) is 69.6 Å². The van der Waals surface area contributed by atoms with Crippen LogP contribution in [0, 0.1) is 0 Å². The minimum absolute atomic E-state index is 0.0323. The van der Waals surface area contributed by atoms with Gasteiger partial charge in [-0.05, 0) is 57.8 Å². The predicted octanol–water partition coefficient (Wildman–Crippen LogP) is 15.7. The van der Waals surface area contributed by atoms with Gasteiger partial charge in [0.15, 0.2) is 0 Å². The van der Waals surface area contributed by atoms with Gasteiger partial charge in [-0.25, -0.2) is 0 Å². The van der Waals surface area contributed by atoms with E-state index < -0.39 is 12.1 Å². The van der Waals surface area contributed by atoms with E-state index in [1.165, 1.54) is 161 Å². The number of hydrogen-bond donors (Lipinski definition) is 3. The molecule has 0 aromatic heterocycles. The van der Waals surface area contributed by atoms with Crippen LogP contribution in [-0.4, -0.2) is 34.9 Å². The quantitative estimate of drug-likeness (QED) is 0.0426. The zero-order valence-electron chi connectivity index (χ0n) is 37.4. The van der Waals surface area contributed by atoms with Gasteiger partial charge < -0.3 is 15.5 Å². The molecule has 4 heteroatoms. The molecule has 1 amide bonds. The number of nitrogens with one attached hydrogen (secondary N) is 1. The molecule has 0 aromatic rings. The van der Waals surface area contributed by atoms with Crippen molar-refractivity contribution in [3.8, 4) is 0 Å². The fourth-order valence-corrected chi connectivity index (χ4v) is 7.33. The van der Waals surface area contributed by atoms with Crippen LogP contribution in [0.15, 0.2) is 60.8 Å². The predicted molar refractivity (Wildman–Crippen MR) is 248 cm³/mol. The van der Waals surface area contributed by atoms with Crippen LogP contribution in [-0.2, 0) is 4.79 Å². The third kappa shape index (κ3) is 43.2. The number of aliphatic hydroxyl groups excluding tert-OH is 2. The Morgan fingerprint density at radius 3 is 1.18 bits per heavy atom. The second-order valence-corrected chi connectivity index (χ2v) is 16.5. The van der Waals surface area contributed by atoms with E-state index in [-0.39, 0.29) is 12.5 Å². The summed E-state index contributed by atoms with van der Waals surface area (Å²) in [6, 6.07) is -0.535. The van der Waals surface area contributed by atoms with Crippen LogP contribution in [0.2, 0.25) is 0 Å². The molecule has 0 radical (unpaired) electrons. The molecule has 0 rings (SSSR count). The Balaban J connectivity index is 3.44. The lowest BCUT2D eigenvalue weighted by Gasteiger charge is -2.22. The molecule has 0 bridgehead atoms. The number of unbranched alkanes of at least 4 members (excludes halogenated alkanes) is 27. The largest absolute Gasteiger partial charge is 0.394 e. The first-order valence-electron chi connectivity index (χ1n) is 24.5. The maximum Gasteiger partial charge on any atom is 0.220 e. The Hall–Kier alpha value is -1.91. The van der Waals surface area contributed by atoms with Crippen LogP contribution in [0.1, 0.15) is 245 Å². The highest BCUT2D eigenvalue weighted by atomic mass is 16.3. The van der Waals surface area contributed by atoms with Gasteiger partial charge in [-0.1, -0.05) is 242 Å². The van der Waals surface area contributed by atoms with E-state index in [0.717, 1.165) is 57.8 Å². The molecule has 0 aliphatic rings. The van der Waals surface area contributed by atoms with Crippen LogP contribution in [0.4, 0.5) is 0 Å². The third-order valence-electron chi connectivity index (χ3n) is 11.0. The number of hydrogen-bond acceptors (Lipinski definition) is 3. The molecule has 2 unspecified atom stereocenters. The maximum atomic E-state index is 12.4. The molecule has 3 N–H and O–H groups in total. The highest BCUT2D eigenvalue weighted by molar-refractivity contribution is 5.76. The third-order valence-corrected chi connectivity index (χ3v) is 11.0. The highest BCUT2D eigenvalue weighted by Gasteiger charge is 2.20. The minimum Gasteiger partial charge on any atom is -0.394 e. The van der Waals surface area contributed by atoms with Crippen LogP contribution in [0.25, 0.3) is 0 Å². The van der Waals surface area contributed by atoms with E-state index in [1.807, 2.05) is 0 Å². The van der Waals surface area contributed by atoms with Crippen LogP contribution in [0.3, 0.4) is 0 Å². The van der Waals surface area contributed by atoms with Crippen molar-refractivity contribution in [2.24, 2.45) is 0 Å². The first kappa shape index (κ1) is 54.1. The number of carbonyl (C=O) groups excluding carboxylic acids is 1. The van der Waals surface area contributed by atoms with Crippen LogP contribution < -0.4 is 5.32 Å². The lowest BCUT2D eigenvalue weighted by Crippen LogP contribution is -2.45. The van der Waals surface area contributed by atoms with Crippen LogP contribution in [0.5, 0.6) is 0 Å². The van der Waals surface area contributed by atoms with Gasteiger partial charge in [0.05, 0.1) is 18.8 Å². The first-order valence-corrected chi connectivity index (χ1v) is 24.5. The maximum absolute atomic E-state index is 12.4. The molecule has 326 valence electrons. The van der Waals surface area contributed by atoms with Crippen molar-refractivity contribution in [1.82, 2.24) is 5.32 Å². The number of allylic oxidation sites excluding steroid dienone is 10. The number of amides is 1. The fraction of sp³-hybridized carbons (Fsp3) is 0.788. The fourth-order valence-electron chi connectivity index (χ4n) is 7.33. The van der Waals surface area contributed by atoms with Crippen molar-refractivity contribution in [3.63, 3.8) is 0 Å². The van der Waals surface area contributed by atoms with Gasteiger partial charge in [0.25, 0.3) is 0 Å². The second-order valence-electron chi connectivity index (χ2n) is 16.5. The average Bonchev–Trinajstić information content (AvgIpc) is 3.20. The first-order chi connectivity index (χ1) is 27.7. The van der Waals surface area contributed by atoms with E-state index in [4.69, 9.17) is 0 Å². The zero-order chi connectivity index (χ0) is 40.7. The molecular weight excluding hydrogens is 687 g/mol. The molecule has 56 heavy (non-hydrogen) atoms. The van der Waals surface area contributed by atoms with Gasteiger partial charge in [-0.15, -0.1) is 0 Å². The van der Waals surface area contributed by atoms with Crippen molar-refractivity contribution >= 4 is 5.91 Å². The smallest absolute Gasteiger partial charge is 0.220 e. The Kier molecular flexibility index (Phi) is 45.8. The summed E-state index contributed by atoms with van der Waals surface area (Å²) in [7, 11) is 0. The summed E-state index contributed by atoms with van der Waals surface area (Å²) in [6.07, 6.45) is 66.1. The number of aliphatic hydroxyl groups is 2. The van der Waals surface area contributed by atoms with Gasteiger partial charge in [0.1, 0.15) is 0 Å². The number of carbonyl (C=O) groups is 1. The Labute approximate surface area is 349 Å². The second kappa shape index (κ2) is 47.5. The van der Waals surface area contributed by atoms with E-state index in [1.54, 1.807) is 0 Å². The van der Waals surface area contributed by atoms with Crippen molar-refractivity contribution in [1.29, 1.82) is 0 Å². The Morgan fingerprint density at radius 2 is 0.786 bits per heavy atom. The average molecular weight is 782 g/mol. The molecule has 0 spiro atoms. The number of rotatable bonds is 44.